The van der Waals surface area contributed by atoms with Gasteiger partial charge in [0.25, 0.3) is 5.91 Å². The monoisotopic (exact) mass is 359 g/mol. The van der Waals surface area contributed by atoms with Crippen LogP contribution in [0, 0.1) is 20.8 Å². The Bertz CT molecular complexity index is 1020. The third-order valence-electron chi connectivity index (χ3n) is 5.27. The first-order valence-corrected chi connectivity index (χ1v) is 9.56. The molecular weight excluding hydrogens is 334 g/mol. The Labute approximate surface area is 160 Å². The Kier molecular flexibility index (Phi) is 4.56. The van der Waals surface area contributed by atoms with E-state index in [1.54, 1.807) is 0 Å². The highest BCUT2D eigenvalue weighted by Crippen LogP contribution is 2.27. The summed E-state index contributed by atoms with van der Waals surface area (Å²) in [5.74, 6) is -0.0897. The van der Waals surface area contributed by atoms with Gasteiger partial charge in [-0.05, 0) is 75.6 Å². The first kappa shape index (κ1) is 17.5. The van der Waals surface area contributed by atoms with Crippen LogP contribution in [0.5, 0.6) is 0 Å². The minimum atomic E-state index is -0.0897. The fraction of sp³-hybridized carbons (Fsp3) is 0.304. The van der Waals surface area contributed by atoms with Crippen molar-refractivity contribution in [3.8, 4) is 0 Å². The molecule has 0 bridgehead atoms. The van der Waals surface area contributed by atoms with Crippen molar-refractivity contribution < 1.29 is 4.79 Å². The number of benzene rings is 2. The SMILES string of the molecule is Cc1ccc2nc(C)cc(C(=O)Nc3ccc(N4CCCC4)cc3C)c2c1. The zero-order chi connectivity index (χ0) is 19.0. The molecule has 138 valence electrons. The second-order valence-corrected chi connectivity index (χ2v) is 7.48. The van der Waals surface area contributed by atoms with Gasteiger partial charge in [0.2, 0.25) is 0 Å². The maximum absolute atomic E-state index is 13.0. The zero-order valence-electron chi connectivity index (χ0n) is 16.2. The van der Waals surface area contributed by atoms with Gasteiger partial charge in [0.05, 0.1) is 11.1 Å². The Morgan fingerprint density at radius 2 is 1.78 bits per heavy atom. The van der Waals surface area contributed by atoms with Gasteiger partial charge < -0.3 is 10.2 Å². The number of fused-ring (bicyclic) bond motifs is 1. The molecule has 1 fully saturated rings. The highest BCUT2D eigenvalue weighted by Gasteiger charge is 2.16. The predicted molar refractivity (Wildman–Crippen MR) is 112 cm³/mol. The standard InChI is InChI=1S/C23H25N3O/c1-15-6-8-22-19(12-15)20(14-17(3)24-22)23(27)25-21-9-7-18(13-16(21)2)26-10-4-5-11-26/h6-9,12-14H,4-5,10-11H2,1-3H3,(H,25,27). The Morgan fingerprint density at radius 1 is 1.00 bits per heavy atom. The largest absolute Gasteiger partial charge is 0.372 e. The summed E-state index contributed by atoms with van der Waals surface area (Å²) in [4.78, 5) is 20.0. The van der Waals surface area contributed by atoms with E-state index < -0.39 is 0 Å². The van der Waals surface area contributed by atoms with Crippen molar-refractivity contribution in [3.05, 3.63) is 64.8 Å². The Balaban J connectivity index is 1.64. The van der Waals surface area contributed by atoms with E-state index in [0.29, 0.717) is 5.56 Å². The fourth-order valence-corrected chi connectivity index (χ4v) is 3.81. The molecule has 1 aliphatic heterocycles. The molecule has 0 atom stereocenters. The van der Waals surface area contributed by atoms with Crippen LogP contribution in [0.2, 0.25) is 0 Å². The number of hydrogen-bond donors (Lipinski definition) is 1. The Morgan fingerprint density at radius 3 is 2.52 bits per heavy atom. The van der Waals surface area contributed by atoms with Crippen LogP contribution >= 0.6 is 0 Å². The van der Waals surface area contributed by atoms with Crippen molar-refractivity contribution in [1.82, 2.24) is 4.98 Å². The number of hydrogen-bond acceptors (Lipinski definition) is 3. The lowest BCUT2D eigenvalue weighted by Gasteiger charge is -2.19. The minimum Gasteiger partial charge on any atom is -0.372 e. The van der Waals surface area contributed by atoms with Crippen LogP contribution in [0.4, 0.5) is 11.4 Å². The molecule has 1 N–H and O–H groups in total. The molecule has 3 aromatic rings. The van der Waals surface area contributed by atoms with Crippen LogP contribution in [0.3, 0.4) is 0 Å². The smallest absolute Gasteiger partial charge is 0.256 e. The lowest BCUT2D eigenvalue weighted by Crippen LogP contribution is -2.18. The van der Waals surface area contributed by atoms with Crippen LogP contribution in [-0.2, 0) is 0 Å². The molecule has 0 saturated carbocycles. The molecule has 1 aromatic heterocycles. The molecule has 0 aliphatic carbocycles. The molecule has 0 unspecified atom stereocenters. The number of amides is 1. The van der Waals surface area contributed by atoms with E-state index in [2.05, 4.69) is 34.3 Å². The number of rotatable bonds is 3. The van der Waals surface area contributed by atoms with Crippen LogP contribution in [0.1, 0.15) is 40.0 Å². The lowest BCUT2D eigenvalue weighted by molar-refractivity contribution is 0.102. The maximum atomic E-state index is 13.0. The Hall–Kier alpha value is -2.88. The number of carbonyl (C=O) groups excluding carboxylic acids is 1. The fourth-order valence-electron chi connectivity index (χ4n) is 3.81. The molecule has 0 spiro atoms. The average Bonchev–Trinajstić information content (AvgIpc) is 3.17. The van der Waals surface area contributed by atoms with Crippen molar-refractivity contribution in [2.75, 3.05) is 23.3 Å². The predicted octanol–water partition coefficient (Wildman–Crippen LogP) is 5.01. The number of nitrogens with one attached hydrogen (secondary N) is 1. The third-order valence-corrected chi connectivity index (χ3v) is 5.27. The summed E-state index contributed by atoms with van der Waals surface area (Å²) < 4.78 is 0. The second kappa shape index (κ2) is 7.03. The van der Waals surface area contributed by atoms with Gasteiger partial charge in [-0.15, -0.1) is 0 Å². The third kappa shape index (κ3) is 3.52. The molecule has 2 heterocycles. The molecule has 1 saturated heterocycles. The van der Waals surface area contributed by atoms with Crippen molar-refractivity contribution in [1.29, 1.82) is 0 Å². The van der Waals surface area contributed by atoms with E-state index in [4.69, 9.17) is 0 Å². The van der Waals surface area contributed by atoms with Crippen molar-refractivity contribution in [2.45, 2.75) is 33.6 Å². The van der Waals surface area contributed by atoms with Crippen molar-refractivity contribution >= 4 is 28.2 Å². The molecule has 0 radical (unpaired) electrons. The number of carbonyl (C=O) groups is 1. The van der Waals surface area contributed by atoms with Gasteiger partial charge in [-0.25, -0.2) is 0 Å². The van der Waals surface area contributed by atoms with E-state index in [0.717, 1.165) is 46.5 Å². The van der Waals surface area contributed by atoms with E-state index >= 15 is 0 Å². The summed E-state index contributed by atoms with van der Waals surface area (Å²) in [6.45, 7) is 8.24. The van der Waals surface area contributed by atoms with Gasteiger partial charge in [0, 0.05) is 35.5 Å². The van der Waals surface area contributed by atoms with Gasteiger partial charge in [-0.3, -0.25) is 9.78 Å². The van der Waals surface area contributed by atoms with E-state index in [9.17, 15) is 4.79 Å². The van der Waals surface area contributed by atoms with Crippen LogP contribution < -0.4 is 10.2 Å². The summed E-state index contributed by atoms with van der Waals surface area (Å²) in [6, 6.07) is 14.2. The molecule has 27 heavy (non-hydrogen) atoms. The lowest BCUT2D eigenvalue weighted by atomic mass is 10.0. The molecule has 4 heteroatoms. The topological polar surface area (TPSA) is 45.2 Å². The van der Waals surface area contributed by atoms with Gasteiger partial charge >= 0.3 is 0 Å². The number of nitrogens with zero attached hydrogens (tertiary/aromatic N) is 2. The number of anilines is 2. The molecule has 2 aromatic carbocycles. The van der Waals surface area contributed by atoms with E-state index in [1.807, 2.05) is 44.2 Å². The van der Waals surface area contributed by atoms with Crippen molar-refractivity contribution in [2.24, 2.45) is 0 Å². The first-order valence-electron chi connectivity index (χ1n) is 9.56. The van der Waals surface area contributed by atoms with Gasteiger partial charge in [-0.2, -0.15) is 0 Å². The average molecular weight is 359 g/mol. The normalized spacial score (nSPS) is 14.0. The first-order chi connectivity index (χ1) is 13.0. The summed E-state index contributed by atoms with van der Waals surface area (Å²) >= 11 is 0. The number of pyridine rings is 1. The van der Waals surface area contributed by atoms with Crippen molar-refractivity contribution in [3.63, 3.8) is 0 Å². The van der Waals surface area contributed by atoms with E-state index in [1.165, 1.54) is 18.5 Å². The summed E-state index contributed by atoms with van der Waals surface area (Å²) in [5, 5.41) is 3.99. The summed E-state index contributed by atoms with van der Waals surface area (Å²) in [7, 11) is 0. The molecule has 1 aliphatic rings. The van der Waals surface area contributed by atoms with Gasteiger partial charge in [0.15, 0.2) is 0 Å². The maximum Gasteiger partial charge on any atom is 0.256 e. The second-order valence-electron chi connectivity index (χ2n) is 7.48. The minimum absolute atomic E-state index is 0.0897. The highest BCUT2D eigenvalue weighted by molar-refractivity contribution is 6.12. The quantitative estimate of drug-likeness (QED) is 0.715. The zero-order valence-corrected chi connectivity index (χ0v) is 16.2. The number of aryl methyl sites for hydroxylation is 3. The van der Waals surface area contributed by atoms with E-state index in [-0.39, 0.29) is 5.91 Å². The summed E-state index contributed by atoms with van der Waals surface area (Å²) in [5.41, 5.74) is 6.67. The molecule has 1 amide bonds. The molecule has 4 rings (SSSR count). The molecule has 4 nitrogen and oxygen atoms in total. The number of aromatic nitrogens is 1. The van der Waals surface area contributed by atoms with Gasteiger partial charge in [-0.1, -0.05) is 11.6 Å². The van der Waals surface area contributed by atoms with Crippen LogP contribution in [-0.4, -0.2) is 24.0 Å². The van der Waals surface area contributed by atoms with Gasteiger partial charge in [0.1, 0.15) is 0 Å². The van der Waals surface area contributed by atoms with Crippen LogP contribution in [0.15, 0.2) is 42.5 Å². The summed E-state index contributed by atoms with van der Waals surface area (Å²) in [6.07, 6.45) is 2.51. The molecular formula is C23H25N3O. The van der Waals surface area contributed by atoms with Crippen LogP contribution in [0.25, 0.3) is 10.9 Å². The highest BCUT2D eigenvalue weighted by atomic mass is 16.1.